The van der Waals surface area contributed by atoms with Crippen LogP contribution in [0.2, 0.25) is 5.02 Å². The fourth-order valence-electron chi connectivity index (χ4n) is 4.03. The molecule has 3 aromatic rings. The summed E-state index contributed by atoms with van der Waals surface area (Å²) in [6.07, 6.45) is 1.46. The van der Waals surface area contributed by atoms with Crippen LogP contribution in [0.5, 0.6) is 5.75 Å². The number of aliphatic hydroxyl groups excluding tert-OH is 2. The minimum absolute atomic E-state index is 0.0739. The van der Waals surface area contributed by atoms with E-state index in [0.717, 1.165) is 23.9 Å². The van der Waals surface area contributed by atoms with Crippen LogP contribution in [0.15, 0.2) is 42.6 Å². The van der Waals surface area contributed by atoms with Crippen LogP contribution in [0.3, 0.4) is 0 Å². The van der Waals surface area contributed by atoms with E-state index in [4.69, 9.17) is 21.4 Å². The highest BCUT2D eigenvalue weighted by Gasteiger charge is 2.29. The van der Waals surface area contributed by atoms with Gasteiger partial charge in [0.2, 0.25) is 5.95 Å². The molecule has 1 aliphatic heterocycles. The molecule has 2 aromatic carbocycles. The number of nitrogens with one attached hydrogen (secondary N) is 2. The minimum Gasteiger partial charge on any atom is -0.489 e. The second-order valence-electron chi connectivity index (χ2n) is 9.00. The van der Waals surface area contributed by atoms with Crippen molar-refractivity contribution in [3.8, 4) is 5.75 Å². The minimum atomic E-state index is -0.127. The van der Waals surface area contributed by atoms with Crippen LogP contribution in [0.4, 0.5) is 23.1 Å². The summed E-state index contributed by atoms with van der Waals surface area (Å²) in [5.41, 5.74) is 4.07. The topological polar surface area (TPSA) is 120 Å². The van der Waals surface area contributed by atoms with Crippen molar-refractivity contribution in [2.75, 3.05) is 30.9 Å². The maximum Gasteiger partial charge on any atom is 0.254 e. The van der Waals surface area contributed by atoms with Gasteiger partial charge in [0, 0.05) is 31.5 Å². The molecule has 4 N–H and O–H groups in total. The zero-order valence-corrected chi connectivity index (χ0v) is 22.5. The number of carbonyl (C=O) groups excluding carboxylic acids is 1. The predicted molar refractivity (Wildman–Crippen MR) is 146 cm³/mol. The molecule has 1 amide bonds. The Labute approximate surface area is 222 Å². The number of aromatic nitrogens is 2. The highest BCUT2D eigenvalue weighted by molar-refractivity contribution is 6.32. The third kappa shape index (κ3) is 6.68. The summed E-state index contributed by atoms with van der Waals surface area (Å²) in [6, 6.07) is 11.6. The van der Waals surface area contributed by atoms with Crippen molar-refractivity contribution >= 4 is 40.6 Å². The molecular formula is C27H34ClN5O4. The van der Waals surface area contributed by atoms with E-state index in [9.17, 15) is 9.90 Å². The second kappa shape index (κ2) is 12.7. The third-order valence-electron chi connectivity index (χ3n) is 5.64. The third-order valence-corrected chi connectivity index (χ3v) is 5.92. The lowest BCUT2D eigenvalue weighted by Crippen LogP contribution is -2.26. The van der Waals surface area contributed by atoms with Gasteiger partial charge in [0.1, 0.15) is 10.8 Å². The quantitative estimate of drug-likeness (QED) is 0.304. The Morgan fingerprint density at radius 2 is 1.84 bits per heavy atom. The number of fused-ring (bicyclic) bond motifs is 1. The number of benzene rings is 2. The van der Waals surface area contributed by atoms with Crippen LogP contribution in [0, 0.1) is 0 Å². The lowest BCUT2D eigenvalue weighted by Gasteiger charge is -2.17. The average Bonchev–Trinajstić information content (AvgIpc) is 3.17. The Kier molecular flexibility index (Phi) is 9.68. The highest BCUT2D eigenvalue weighted by atomic mass is 35.5. The smallest absolute Gasteiger partial charge is 0.254 e. The predicted octanol–water partition coefficient (Wildman–Crippen LogP) is 5.08. The van der Waals surface area contributed by atoms with Crippen LogP contribution in [0.25, 0.3) is 0 Å². The van der Waals surface area contributed by atoms with Gasteiger partial charge < -0.3 is 30.5 Å². The molecule has 0 saturated carbocycles. The molecule has 198 valence electrons. The molecule has 0 unspecified atom stereocenters. The summed E-state index contributed by atoms with van der Waals surface area (Å²) in [7, 11) is 1.00. The molecule has 0 aliphatic carbocycles. The van der Waals surface area contributed by atoms with Gasteiger partial charge in [-0.3, -0.25) is 4.79 Å². The normalized spacial score (nSPS) is 12.4. The van der Waals surface area contributed by atoms with Crippen LogP contribution in [-0.4, -0.2) is 57.4 Å². The number of nitrogens with zero attached hydrogens (tertiary/aromatic N) is 3. The second-order valence-corrected chi connectivity index (χ2v) is 9.41. The number of carbonyl (C=O) groups is 1. The summed E-state index contributed by atoms with van der Waals surface area (Å²) < 4.78 is 6.03. The first kappa shape index (κ1) is 28.2. The largest absolute Gasteiger partial charge is 0.489 e. The molecule has 0 atom stereocenters. The van der Waals surface area contributed by atoms with E-state index in [1.807, 2.05) is 38.1 Å². The van der Waals surface area contributed by atoms with Crippen LogP contribution in [0.1, 0.15) is 55.1 Å². The molecule has 0 fully saturated rings. The molecule has 0 spiro atoms. The van der Waals surface area contributed by atoms with E-state index in [1.165, 1.54) is 6.20 Å². The van der Waals surface area contributed by atoms with Crippen molar-refractivity contribution in [1.29, 1.82) is 0 Å². The molecule has 4 rings (SSSR count). The SMILES string of the molecule is CC(C)Oc1cc2c(cc1Nc1ncc(Cl)c(Nc3ccccc3C(C)C)n1)C(=O)N(CCO)C2.CO. The molecule has 0 radical (unpaired) electrons. The van der Waals surface area contributed by atoms with E-state index in [-0.39, 0.29) is 25.2 Å². The molecule has 10 heteroatoms. The first-order chi connectivity index (χ1) is 17.8. The molecule has 37 heavy (non-hydrogen) atoms. The van der Waals surface area contributed by atoms with Crippen molar-refractivity contribution < 1.29 is 19.7 Å². The summed E-state index contributed by atoms with van der Waals surface area (Å²) >= 11 is 6.41. The molecule has 9 nitrogen and oxygen atoms in total. The van der Waals surface area contributed by atoms with Crippen molar-refractivity contribution in [1.82, 2.24) is 14.9 Å². The number of anilines is 4. The monoisotopic (exact) mass is 527 g/mol. The Hall–Kier alpha value is -3.40. The van der Waals surface area contributed by atoms with Gasteiger partial charge in [-0.2, -0.15) is 4.98 Å². The number of β-amino-alcohol motifs (C(OH)–C–C–N with tert-alkyl or cyclic N) is 1. The first-order valence-corrected chi connectivity index (χ1v) is 12.5. The number of halogens is 1. The fraction of sp³-hybridized carbons (Fsp3) is 0.370. The van der Waals surface area contributed by atoms with E-state index < -0.39 is 0 Å². The van der Waals surface area contributed by atoms with Gasteiger partial charge in [-0.1, -0.05) is 43.6 Å². The lowest BCUT2D eigenvalue weighted by molar-refractivity contribution is 0.0745. The Balaban J connectivity index is 0.00000186. The van der Waals surface area contributed by atoms with Crippen LogP contribution < -0.4 is 15.4 Å². The van der Waals surface area contributed by atoms with Gasteiger partial charge >= 0.3 is 0 Å². The number of hydrogen-bond donors (Lipinski definition) is 4. The molecular weight excluding hydrogens is 494 g/mol. The summed E-state index contributed by atoms with van der Waals surface area (Å²) in [6.45, 7) is 8.76. The maximum atomic E-state index is 12.8. The summed E-state index contributed by atoms with van der Waals surface area (Å²) in [4.78, 5) is 23.3. The van der Waals surface area contributed by atoms with Gasteiger partial charge in [0.15, 0.2) is 5.82 Å². The number of rotatable bonds is 9. The average molecular weight is 528 g/mol. The summed E-state index contributed by atoms with van der Waals surface area (Å²) in [5, 5.41) is 23.2. The van der Waals surface area contributed by atoms with E-state index >= 15 is 0 Å². The molecule has 0 saturated heterocycles. The Bertz CT molecular complexity index is 1240. The van der Waals surface area contributed by atoms with Gasteiger partial charge in [-0.15, -0.1) is 0 Å². The van der Waals surface area contributed by atoms with E-state index in [1.54, 1.807) is 11.0 Å². The lowest BCUT2D eigenvalue weighted by atomic mass is 10.0. The number of amides is 1. The summed E-state index contributed by atoms with van der Waals surface area (Å²) in [5.74, 6) is 1.57. The van der Waals surface area contributed by atoms with Gasteiger partial charge in [-0.05, 0) is 49.1 Å². The van der Waals surface area contributed by atoms with E-state index in [2.05, 4.69) is 40.5 Å². The zero-order chi connectivity index (χ0) is 27.1. The molecule has 0 bridgehead atoms. The van der Waals surface area contributed by atoms with Crippen molar-refractivity contribution in [2.45, 2.75) is 46.3 Å². The fourth-order valence-corrected chi connectivity index (χ4v) is 4.17. The van der Waals surface area contributed by atoms with E-state index in [0.29, 0.717) is 46.3 Å². The molecule has 1 aliphatic rings. The number of aliphatic hydroxyl groups is 2. The first-order valence-electron chi connectivity index (χ1n) is 12.1. The number of ether oxygens (including phenoxy) is 1. The van der Waals surface area contributed by atoms with Crippen molar-refractivity contribution in [2.24, 2.45) is 0 Å². The van der Waals surface area contributed by atoms with Crippen molar-refractivity contribution in [3.05, 3.63) is 64.3 Å². The number of para-hydroxylation sites is 1. The maximum absolute atomic E-state index is 12.8. The molecule has 1 aromatic heterocycles. The molecule has 2 heterocycles. The van der Waals surface area contributed by atoms with Gasteiger partial charge in [0.25, 0.3) is 5.91 Å². The Morgan fingerprint density at radius 1 is 1.11 bits per heavy atom. The van der Waals surface area contributed by atoms with Gasteiger partial charge in [-0.25, -0.2) is 4.98 Å². The van der Waals surface area contributed by atoms with Crippen molar-refractivity contribution in [3.63, 3.8) is 0 Å². The number of hydrogen-bond acceptors (Lipinski definition) is 8. The van der Waals surface area contributed by atoms with Gasteiger partial charge in [0.05, 0.1) is 24.6 Å². The van der Waals surface area contributed by atoms with Crippen LogP contribution in [-0.2, 0) is 6.54 Å². The highest BCUT2D eigenvalue weighted by Crippen LogP contribution is 2.36. The standard InChI is InChI=1S/C26H30ClN5O3.CH4O/c1-15(2)18-7-5-6-8-21(18)29-24-20(27)13-28-26(31-24)30-22-12-19-17(11-23(22)35-16(3)4)14-32(9-10-33)25(19)34;1-2/h5-8,11-13,15-16,33H,9-10,14H2,1-4H3,(H2,28,29,30,31);2H,1H3. The Morgan fingerprint density at radius 3 is 2.51 bits per heavy atom. The zero-order valence-electron chi connectivity index (χ0n) is 21.7. The van der Waals surface area contributed by atoms with Crippen LogP contribution >= 0.6 is 11.6 Å².